The van der Waals surface area contributed by atoms with Gasteiger partial charge in [0.15, 0.2) is 5.69 Å². The van der Waals surface area contributed by atoms with Gasteiger partial charge in [-0.05, 0) is 55.4 Å². The molecule has 3 aromatic carbocycles. The zero-order chi connectivity index (χ0) is 25.1. The number of azo groups is 1. The van der Waals surface area contributed by atoms with Crippen molar-refractivity contribution in [3.05, 3.63) is 83.9 Å². The van der Waals surface area contributed by atoms with Crippen LogP contribution in [0.1, 0.15) is 11.1 Å². The minimum absolute atomic E-state index is 0.0975. The van der Waals surface area contributed by atoms with Gasteiger partial charge in [0.05, 0.1) is 12.2 Å². The molecule has 1 aromatic heterocycles. The molecular weight excluding hydrogens is 468 g/mol. The van der Waals surface area contributed by atoms with Gasteiger partial charge in [-0.25, -0.2) is 0 Å². The van der Waals surface area contributed by atoms with E-state index in [-0.39, 0.29) is 11.0 Å². The van der Waals surface area contributed by atoms with Crippen LogP contribution in [-0.4, -0.2) is 45.9 Å². The number of fused-ring (bicyclic) bond motifs is 1. The van der Waals surface area contributed by atoms with Crippen molar-refractivity contribution in [1.82, 2.24) is 9.47 Å². The van der Waals surface area contributed by atoms with E-state index in [0.29, 0.717) is 12.4 Å². The van der Waals surface area contributed by atoms with Crippen molar-refractivity contribution in [2.75, 3.05) is 36.4 Å². The SMILES string of the molecule is Cc1cccc(C)c1NC(=S)N=Nc1c(O)n(CN2CCN(c3ccccc3)CC2)c2ccccc12. The van der Waals surface area contributed by atoms with Gasteiger partial charge in [0.25, 0.3) is 0 Å². The minimum atomic E-state index is 0.0975. The fraction of sp³-hybridized carbons (Fsp3) is 0.250. The molecule has 36 heavy (non-hydrogen) atoms. The van der Waals surface area contributed by atoms with E-state index in [1.807, 2.05) is 66.9 Å². The van der Waals surface area contributed by atoms with Gasteiger partial charge in [-0.2, -0.15) is 0 Å². The maximum atomic E-state index is 11.2. The van der Waals surface area contributed by atoms with Gasteiger partial charge >= 0.3 is 0 Å². The Morgan fingerprint density at radius 1 is 0.889 bits per heavy atom. The first-order valence-corrected chi connectivity index (χ1v) is 12.5. The van der Waals surface area contributed by atoms with Gasteiger partial charge in [-0.1, -0.05) is 54.6 Å². The summed E-state index contributed by atoms with van der Waals surface area (Å²) in [6, 6.07) is 24.4. The number of nitrogens with zero attached hydrogens (tertiary/aromatic N) is 5. The second-order valence-electron chi connectivity index (χ2n) is 9.10. The largest absolute Gasteiger partial charge is 0.493 e. The fourth-order valence-electron chi connectivity index (χ4n) is 4.74. The van der Waals surface area contributed by atoms with Gasteiger partial charge in [-0.3, -0.25) is 9.47 Å². The second kappa shape index (κ2) is 10.5. The van der Waals surface area contributed by atoms with Crippen LogP contribution in [0.2, 0.25) is 0 Å². The number of benzene rings is 3. The molecule has 4 aromatic rings. The minimum Gasteiger partial charge on any atom is -0.493 e. The van der Waals surface area contributed by atoms with Gasteiger partial charge in [0, 0.05) is 42.9 Å². The molecule has 1 saturated heterocycles. The average molecular weight is 499 g/mol. The first-order chi connectivity index (χ1) is 17.5. The monoisotopic (exact) mass is 498 g/mol. The molecular formula is C28H30N6OS. The molecule has 1 aliphatic heterocycles. The molecule has 184 valence electrons. The van der Waals surface area contributed by atoms with Gasteiger partial charge < -0.3 is 15.3 Å². The first-order valence-electron chi connectivity index (χ1n) is 12.1. The van der Waals surface area contributed by atoms with Crippen LogP contribution in [0.3, 0.4) is 0 Å². The Morgan fingerprint density at radius 3 is 2.28 bits per heavy atom. The molecule has 0 aliphatic carbocycles. The lowest BCUT2D eigenvalue weighted by atomic mass is 10.1. The summed E-state index contributed by atoms with van der Waals surface area (Å²) in [6.45, 7) is 8.31. The predicted molar refractivity (Wildman–Crippen MR) is 150 cm³/mol. The standard InChI is InChI=1S/C28H30N6OS/c1-20-9-8-10-21(2)25(20)29-28(36)31-30-26-23-13-6-7-14-24(23)34(27(26)35)19-32-15-17-33(18-16-32)22-11-4-3-5-12-22/h3-14,35H,15-19H2,1-2H3,(H,29,36). The molecule has 5 rings (SSSR count). The molecule has 0 spiro atoms. The van der Waals surface area contributed by atoms with E-state index < -0.39 is 0 Å². The summed E-state index contributed by atoms with van der Waals surface area (Å²) in [5.41, 5.74) is 5.70. The average Bonchev–Trinajstić information content (AvgIpc) is 3.16. The third-order valence-corrected chi connectivity index (χ3v) is 6.89. The normalized spacial score (nSPS) is 14.6. The van der Waals surface area contributed by atoms with Crippen LogP contribution < -0.4 is 10.2 Å². The summed E-state index contributed by atoms with van der Waals surface area (Å²) in [4.78, 5) is 4.74. The van der Waals surface area contributed by atoms with Crippen molar-refractivity contribution in [2.24, 2.45) is 10.2 Å². The lowest BCUT2D eigenvalue weighted by Gasteiger charge is -2.36. The molecule has 0 radical (unpaired) electrons. The van der Waals surface area contributed by atoms with Crippen molar-refractivity contribution < 1.29 is 5.11 Å². The van der Waals surface area contributed by atoms with Crippen LogP contribution in [0.15, 0.2) is 83.0 Å². The highest BCUT2D eigenvalue weighted by molar-refractivity contribution is 7.80. The number of thiocarbonyl (C=S) groups is 1. The van der Waals surface area contributed by atoms with Gasteiger partial charge in [0.2, 0.25) is 11.0 Å². The van der Waals surface area contributed by atoms with Crippen LogP contribution in [0.4, 0.5) is 17.1 Å². The van der Waals surface area contributed by atoms with E-state index in [2.05, 4.69) is 49.6 Å². The third kappa shape index (κ3) is 4.96. The molecule has 2 heterocycles. The molecule has 1 aliphatic rings. The Bertz CT molecular complexity index is 1390. The van der Waals surface area contributed by atoms with E-state index in [1.165, 1.54) is 5.69 Å². The highest BCUT2D eigenvalue weighted by Crippen LogP contribution is 2.39. The van der Waals surface area contributed by atoms with Gasteiger partial charge in [-0.15, -0.1) is 10.2 Å². The zero-order valence-electron chi connectivity index (χ0n) is 20.6. The number of aromatic nitrogens is 1. The number of para-hydroxylation sites is 3. The lowest BCUT2D eigenvalue weighted by Crippen LogP contribution is -2.46. The van der Waals surface area contributed by atoms with Crippen molar-refractivity contribution >= 4 is 45.3 Å². The number of rotatable bonds is 5. The van der Waals surface area contributed by atoms with Crippen molar-refractivity contribution in [1.29, 1.82) is 0 Å². The maximum absolute atomic E-state index is 11.2. The van der Waals surface area contributed by atoms with E-state index in [0.717, 1.165) is 53.9 Å². The third-order valence-electron chi connectivity index (χ3n) is 6.71. The van der Waals surface area contributed by atoms with E-state index in [1.54, 1.807) is 0 Å². The van der Waals surface area contributed by atoms with Crippen molar-refractivity contribution in [3.63, 3.8) is 0 Å². The summed E-state index contributed by atoms with van der Waals surface area (Å²) in [5.74, 6) is 0.0975. The summed E-state index contributed by atoms with van der Waals surface area (Å²) in [5, 5.41) is 24.1. The topological polar surface area (TPSA) is 68.4 Å². The number of anilines is 2. The Morgan fingerprint density at radius 2 is 1.56 bits per heavy atom. The molecule has 2 N–H and O–H groups in total. The molecule has 8 heteroatoms. The van der Waals surface area contributed by atoms with Crippen LogP contribution in [0.5, 0.6) is 5.88 Å². The molecule has 0 bridgehead atoms. The van der Waals surface area contributed by atoms with Crippen LogP contribution >= 0.6 is 12.2 Å². The molecule has 0 saturated carbocycles. The van der Waals surface area contributed by atoms with Crippen LogP contribution in [0, 0.1) is 13.8 Å². The predicted octanol–water partition coefficient (Wildman–Crippen LogP) is 6.22. The fourth-order valence-corrected chi connectivity index (χ4v) is 4.88. The second-order valence-corrected chi connectivity index (χ2v) is 9.48. The summed E-state index contributed by atoms with van der Waals surface area (Å²) in [6.07, 6.45) is 0. The number of hydrogen-bond acceptors (Lipinski definition) is 5. The zero-order valence-corrected chi connectivity index (χ0v) is 21.4. The van der Waals surface area contributed by atoms with Crippen LogP contribution in [0.25, 0.3) is 10.9 Å². The Labute approximate surface area is 216 Å². The quantitative estimate of drug-likeness (QED) is 0.252. The van der Waals surface area contributed by atoms with E-state index in [4.69, 9.17) is 12.2 Å². The summed E-state index contributed by atoms with van der Waals surface area (Å²) >= 11 is 5.44. The van der Waals surface area contributed by atoms with Crippen molar-refractivity contribution in [3.8, 4) is 5.88 Å². The highest BCUT2D eigenvalue weighted by atomic mass is 32.1. The Balaban J connectivity index is 1.33. The molecule has 0 amide bonds. The molecule has 7 nitrogen and oxygen atoms in total. The Kier molecular flexibility index (Phi) is 6.97. The number of aryl methyl sites for hydroxylation is 2. The smallest absolute Gasteiger partial charge is 0.221 e. The number of nitrogens with one attached hydrogen (secondary N) is 1. The van der Waals surface area contributed by atoms with E-state index >= 15 is 0 Å². The van der Waals surface area contributed by atoms with Crippen molar-refractivity contribution in [2.45, 2.75) is 20.5 Å². The lowest BCUT2D eigenvalue weighted by molar-refractivity contribution is 0.200. The molecule has 1 fully saturated rings. The summed E-state index contributed by atoms with van der Waals surface area (Å²) < 4.78 is 1.91. The first kappa shape index (κ1) is 24.0. The number of piperazine rings is 1. The molecule has 0 unspecified atom stereocenters. The van der Waals surface area contributed by atoms with E-state index in [9.17, 15) is 5.11 Å². The summed E-state index contributed by atoms with van der Waals surface area (Å²) in [7, 11) is 0. The molecule has 0 atom stereocenters. The van der Waals surface area contributed by atoms with Crippen LogP contribution in [-0.2, 0) is 6.67 Å². The highest BCUT2D eigenvalue weighted by Gasteiger charge is 2.22. The number of hydrogen-bond donors (Lipinski definition) is 2. The Hall–Kier alpha value is -3.75. The van der Waals surface area contributed by atoms with Gasteiger partial charge in [0.1, 0.15) is 0 Å². The number of aromatic hydroxyl groups is 1. The maximum Gasteiger partial charge on any atom is 0.221 e.